The number of carbonyl (C=O) groups is 3. The second-order valence-corrected chi connectivity index (χ2v) is 10.0. The van der Waals surface area contributed by atoms with Gasteiger partial charge in [0.1, 0.15) is 12.1 Å². The number of nitrogens with zero attached hydrogens (tertiary/aromatic N) is 2. The third-order valence-electron chi connectivity index (χ3n) is 7.34. The second-order valence-electron chi connectivity index (χ2n) is 10.0. The Balaban J connectivity index is 1.28. The molecule has 0 fully saturated rings. The van der Waals surface area contributed by atoms with Crippen molar-refractivity contribution in [2.75, 3.05) is 16.8 Å². The Morgan fingerprint density at radius 3 is 2.57 bits per heavy atom. The Morgan fingerprint density at radius 1 is 0.929 bits per heavy atom. The van der Waals surface area contributed by atoms with Gasteiger partial charge in [-0.15, -0.1) is 0 Å². The van der Waals surface area contributed by atoms with Gasteiger partial charge in [-0.25, -0.2) is 14.7 Å². The minimum absolute atomic E-state index is 0.0487. The van der Waals surface area contributed by atoms with E-state index in [-0.39, 0.29) is 16.7 Å². The van der Waals surface area contributed by atoms with Crippen LogP contribution in [-0.2, 0) is 11.5 Å². The number of rotatable bonds is 7. The Morgan fingerprint density at radius 2 is 1.74 bits per heavy atom. The number of aromatic nitrogens is 1. The smallest absolute Gasteiger partial charge is 0.335 e. The zero-order chi connectivity index (χ0) is 29.0. The molecule has 0 spiro atoms. The maximum Gasteiger partial charge on any atom is 0.335 e. The summed E-state index contributed by atoms with van der Waals surface area (Å²) in [5.74, 6) is -1.30. The first-order valence-electron chi connectivity index (χ1n) is 13.4. The normalized spacial score (nSPS) is 13.8. The van der Waals surface area contributed by atoms with Gasteiger partial charge in [0.05, 0.1) is 27.9 Å². The van der Waals surface area contributed by atoms with Gasteiger partial charge in [-0.1, -0.05) is 25.1 Å². The largest absolute Gasteiger partial charge is 0.478 e. The lowest BCUT2D eigenvalue weighted by molar-refractivity contribution is -0.194. The average Bonchev–Trinajstić information content (AvgIpc) is 3.71. The first kappa shape index (κ1) is 25.5. The molecule has 42 heavy (non-hydrogen) atoms. The molecular formula is C32H23N3O7. The van der Waals surface area contributed by atoms with Gasteiger partial charge in [0.2, 0.25) is 5.89 Å². The van der Waals surface area contributed by atoms with E-state index in [0.29, 0.717) is 47.1 Å². The number of fused-ring (bicyclic) bond motifs is 3. The molecule has 0 radical (unpaired) electrons. The van der Waals surface area contributed by atoms with Gasteiger partial charge in [-0.2, -0.15) is 4.89 Å². The lowest BCUT2D eigenvalue weighted by Crippen LogP contribution is -2.29. The summed E-state index contributed by atoms with van der Waals surface area (Å²) in [5.41, 5.74) is 5.80. The molecule has 3 heterocycles. The predicted molar refractivity (Wildman–Crippen MR) is 154 cm³/mol. The van der Waals surface area contributed by atoms with Gasteiger partial charge in [0.25, 0.3) is 11.8 Å². The Hall–Kier alpha value is -5.48. The number of aromatic carboxylic acids is 1. The number of amides is 2. The van der Waals surface area contributed by atoms with E-state index in [1.165, 1.54) is 18.2 Å². The number of carboxylic acids is 1. The van der Waals surface area contributed by atoms with Crippen LogP contribution < -0.4 is 15.1 Å². The lowest BCUT2D eigenvalue weighted by atomic mass is 10.0. The highest BCUT2D eigenvalue weighted by Crippen LogP contribution is 2.38. The van der Waals surface area contributed by atoms with E-state index >= 15 is 0 Å². The first-order valence-corrected chi connectivity index (χ1v) is 13.4. The van der Waals surface area contributed by atoms with Crippen LogP contribution in [0.1, 0.15) is 50.0 Å². The summed E-state index contributed by atoms with van der Waals surface area (Å²) in [6.07, 6.45) is 0.873. The molecule has 10 heteroatoms. The standard InChI is InChI=1S/C32H23N3O7/c1-2-11-33-25-9-7-21(35-30(36)22-8-5-19(32(38)39)12-23(22)31(35)37)15-24(25)29-34-26-13-17(6-10-27(26)41-29)18-3-4-20-16-40-42-28(20)14-18/h3-10,12-15,33H,2,11,16H2,1H3,(H,38,39). The van der Waals surface area contributed by atoms with Gasteiger partial charge in [0.15, 0.2) is 11.3 Å². The zero-order valence-corrected chi connectivity index (χ0v) is 22.3. The van der Waals surface area contributed by atoms with E-state index in [1.54, 1.807) is 18.2 Å². The minimum Gasteiger partial charge on any atom is -0.478 e. The van der Waals surface area contributed by atoms with Gasteiger partial charge in [0, 0.05) is 17.8 Å². The van der Waals surface area contributed by atoms with E-state index in [0.717, 1.165) is 33.7 Å². The van der Waals surface area contributed by atoms with Crippen molar-refractivity contribution in [2.45, 2.75) is 20.0 Å². The van der Waals surface area contributed by atoms with Crippen LogP contribution in [0.25, 0.3) is 33.7 Å². The van der Waals surface area contributed by atoms with Crippen molar-refractivity contribution in [1.82, 2.24) is 4.98 Å². The number of hydrogen-bond donors (Lipinski definition) is 2. The van der Waals surface area contributed by atoms with Crippen molar-refractivity contribution in [3.8, 4) is 28.3 Å². The highest BCUT2D eigenvalue weighted by atomic mass is 17.2. The van der Waals surface area contributed by atoms with E-state index in [4.69, 9.17) is 19.2 Å². The van der Waals surface area contributed by atoms with Gasteiger partial charge >= 0.3 is 5.97 Å². The van der Waals surface area contributed by atoms with Crippen LogP contribution in [0.5, 0.6) is 5.75 Å². The molecule has 5 aromatic rings. The number of imide groups is 1. The summed E-state index contributed by atoms with van der Waals surface area (Å²) in [4.78, 5) is 54.1. The SMILES string of the molecule is CCCNc1ccc(N2C(=O)c3ccc(C(=O)O)cc3C2=O)cc1-c1nc2cc(-c3ccc4c(c3)OOC4)ccc2o1. The van der Waals surface area contributed by atoms with Crippen molar-refractivity contribution in [1.29, 1.82) is 0 Å². The quantitative estimate of drug-likeness (QED) is 0.173. The van der Waals surface area contributed by atoms with Crippen LogP contribution in [0.2, 0.25) is 0 Å². The molecule has 2 aliphatic rings. The summed E-state index contributed by atoms with van der Waals surface area (Å²) in [6, 6.07) is 20.6. The second kappa shape index (κ2) is 9.86. The van der Waals surface area contributed by atoms with E-state index in [1.807, 2.05) is 43.3 Å². The molecule has 10 nitrogen and oxygen atoms in total. The van der Waals surface area contributed by atoms with E-state index in [9.17, 15) is 19.5 Å². The predicted octanol–water partition coefficient (Wildman–Crippen LogP) is 6.31. The summed E-state index contributed by atoms with van der Waals surface area (Å²) in [5, 5.41) is 12.7. The molecule has 0 atom stereocenters. The number of anilines is 2. The van der Waals surface area contributed by atoms with E-state index in [2.05, 4.69) is 5.32 Å². The van der Waals surface area contributed by atoms with Crippen LogP contribution in [-0.4, -0.2) is 34.4 Å². The van der Waals surface area contributed by atoms with Crippen molar-refractivity contribution >= 4 is 40.3 Å². The molecule has 1 aromatic heterocycles. The molecule has 4 aromatic carbocycles. The molecular weight excluding hydrogens is 538 g/mol. The summed E-state index contributed by atoms with van der Waals surface area (Å²) in [7, 11) is 0. The Labute approximate surface area is 239 Å². The van der Waals surface area contributed by atoms with Gasteiger partial charge < -0.3 is 19.7 Å². The summed E-state index contributed by atoms with van der Waals surface area (Å²) in [6.45, 7) is 3.15. The lowest BCUT2D eigenvalue weighted by Gasteiger charge is -2.17. The van der Waals surface area contributed by atoms with Crippen LogP contribution in [0.4, 0.5) is 11.4 Å². The van der Waals surface area contributed by atoms with Crippen LogP contribution in [0.15, 0.2) is 77.2 Å². The Kier molecular flexibility index (Phi) is 5.98. The molecule has 0 aliphatic carbocycles. The molecule has 0 bridgehead atoms. The van der Waals surface area contributed by atoms with Crippen molar-refractivity contribution in [3.05, 3.63) is 95.1 Å². The monoisotopic (exact) mass is 561 g/mol. The van der Waals surface area contributed by atoms with Crippen LogP contribution >= 0.6 is 0 Å². The third kappa shape index (κ3) is 4.16. The van der Waals surface area contributed by atoms with Crippen molar-refractivity contribution in [3.63, 3.8) is 0 Å². The van der Waals surface area contributed by atoms with Gasteiger partial charge in [-0.05, 0) is 72.1 Å². The van der Waals surface area contributed by atoms with Crippen molar-refractivity contribution in [2.24, 2.45) is 0 Å². The maximum absolute atomic E-state index is 13.3. The molecule has 208 valence electrons. The molecule has 2 N–H and O–H groups in total. The fourth-order valence-electron chi connectivity index (χ4n) is 5.18. The number of benzene rings is 4. The first-order chi connectivity index (χ1) is 20.4. The number of carboxylic acid groups (broad SMARTS) is 1. The summed E-state index contributed by atoms with van der Waals surface area (Å²) < 4.78 is 6.17. The number of hydrogen-bond acceptors (Lipinski definition) is 8. The summed E-state index contributed by atoms with van der Waals surface area (Å²) >= 11 is 0. The topological polar surface area (TPSA) is 131 Å². The fraction of sp³-hybridized carbons (Fsp3) is 0.125. The average molecular weight is 562 g/mol. The highest BCUT2D eigenvalue weighted by Gasteiger charge is 2.37. The highest BCUT2D eigenvalue weighted by molar-refractivity contribution is 6.34. The number of oxazole rings is 1. The third-order valence-corrected chi connectivity index (χ3v) is 7.34. The number of carbonyl (C=O) groups excluding carboxylic acids is 2. The zero-order valence-electron chi connectivity index (χ0n) is 22.3. The molecule has 0 saturated carbocycles. The minimum atomic E-state index is -1.18. The van der Waals surface area contributed by atoms with Crippen LogP contribution in [0, 0.1) is 0 Å². The molecule has 2 aliphatic heterocycles. The fourth-order valence-corrected chi connectivity index (χ4v) is 5.18. The van der Waals surface area contributed by atoms with Gasteiger partial charge in [-0.3, -0.25) is 9.59 Å². The molecule has 2 amide bonds. The molecule has 7 rings (SSSR count). The molecule has 0 saturated heterocycles. The maximum atomic E-state index is 13.3. The van der Waals surface area contributed by atoms with E-state index < -0.39 is 17.8 Å². The number of nitrogens with one attached hydrogen (secondary N) is 1. The Bertz CT molecular complexity index is 1940. The van der Waals surface area contributed by atoms with Crippen molar-refractivity contribution < 1.29 is 33.7 Å². The van der Waals surface area contributed by atoms with Crippen LogP contribution in [0.3, 0.4) is 0 Å². The molecule has 0 unspecified atom stereocenters.